The maximum atomic E-state index is 11.4. The normalized spacial score (nSPS) is 14.6. The molecule has 6 nitrogen and oxygen atoms in total. The highest BCUT2D eigenvalue weighted by Gasteiger charge is 2.21. The van der Waals surface area contributed by atoms with Crippen LogP contribution in [0.25, 0.3) is 0 Å². The Kier molecular flexibility index (Phi) is 3.43. The average Bonchev–Trinajstić information content (AvgIpc) is 3.00. The standard InChI is InChI=1S/C11H14N2O4/c14-10(6-12-7-1-2-7)13-5-8-3-4-9(17-8)11(15)16/h3-4,7,12H,1-2,5-6H2,(H,13,14)(H,15,16). The largest absolute Gasteiger partial charge is 0.475 e. The molecule has 0 bridgehead atoms. The van der Waals surface area contributed by atoms with Crippen molar-refractivity contribution in [1.29, 1.82) is 0 Å². The number of carbonyl (C=O) groups excluding carboxylic acids is 1. The van der Waals surface area contributed by atoms with E-state index in [0.717, 1.165) is 12.8 Å². The van der Waals surface area contributed by atoms with Crippen molar-refractivity contribution in [2.45, 2.75) is 25.4 Å². The highest BCUT2D eigenvalue weighted by Crippen LogP contribution is 2.17. The Morgan fingerprint density at radius 3 is 2.76 bits per heavy atom. The molecule has 1 aromatic heterocycles. The number of carboxylic acid groups (broad SMARTS) is 1. The molecule has 1 aliphatic rings. The summed E-state index contributed by atoms with van der Waals surface area (Å²) in [6.07, 6.45) is 2.26. The fourth-order valence-electron chi connectivity index (χ4n) is 1.36. The van der Waals surface area contributed by atoms with Gasteiger partial charge < -0.3 is 20.2 Å². The number of carbonyl (C=O) groups is 2. The molecule has 1 aliphatic carbocycles. The first-order valence-electron chi connectivity index (χ1n) is 5.47. The molecule has 0 unspecified atom stereocenters. The van der Waals surface area contributed by atoms with E-state index in [4.69, 9.17) is 9.52 Å². The van der Waals surface area contributed by atoms with Crippen molar-refractivity contribution in [3.63, 3.8) is 0 Å². The molecule has 1 amide bonds. The second-order valence-electron chi connectivity index (χ2n) is 4.00. The Morgan fingerprint density at radius 1 is 1.41 bits per heavy atom. The van der Waals surface area contributed by atoms with Crippen molar-refractivity contribution in [2.75, 3.05) is 6.54 Å². The summed E-state index contributed by atoms with van der Waals surface area (Å²) < 4.78 is 5.00. The molecule has 3 N–H and O–H groups in total. The van der Waals surface area contributed by atoms with Crippen LogP contribution in [0.3, 0.4) is 0 Å². The van der Waals surface area contributed by atoms with Crippen molar-refractivity contribution < 1.29 is 19.1 Å². The van der Waals surface area contributed by atoms with Crippen LogP contribution in [-0.2, 0) is 11.3 Å². The van der Waals surface area contributed by atoms with Gasteiger partial charge in [-0.15, -0.1) is 0 Å². The Morgan fingerprint density at radius 2 is 2.18 bits per heavy atom. The molecule has 1 saturated carbocycles. The third-order valence-corrected chi connectivity index (χ3v) is 2.46. The van der Waals surface area contributed by atoms with Crippen molar-refractivity contribution in [2.24, 2.45) is 0 Å². The predicted molar refractivity (Wildman–Crippen MR) is 58.5 cm³/mol. The van der Waals surface area contributed by atoms with Gasteiger partial charge in [0, 0.05) is 6.04 Å². The third kappa shape index (κ3) is 3.60. The Balaban J connectivity index is 1.72. The summed E-state index contributed by atoms with van der Waals surface area (Å²) in [6, 6.07) is 3.40. The number of hydrogen-bond acceptors (Lipinski definition) is 4. The van der Waals surface area contributed by atoms with Crippen LogP contribution in [0.2, 0.25) is 0 Å². The highest BCUT2D eigenvalue weighted by molar-refractivity contribution is 5.84. The van der Waals surface area contributed by atoms with Gasteiger partial charge in [-0.05, 0) is 25.0 Å². The molecule has 0 spiro atoms. The van der Waals surface area contributed by atoms with Crippen LogP contribution in [0.1, 0.15) is 29.2 Å². The Hall–Kier alpha value is -1.82. The monoisotopic (exact) mass is 238 g/mol. The van der Waals surface area contributed by atoms with E-state index in [1.54, 1.807) is 0 Å². The van der Waals surface area contributed by atoms with E-state index in [2.05, 4.69) is 10.6 Å². The summed E-state index contributed by atoms with van der Waals surface area (Å²) in [5.74, 6) is -0.921. The van der Waals surface area contributed by atoms with Crippen LogP contribution >= 0.6 is 0 Å². The predicted octanol–water partition coefficient (Wildman–Crippen LogP) is 0.346. The third-order valence-electron chi connectivity index (χ3n) is 2.46. The maximum absolute atomic E-state index is 11.4. The van der Waals surface area contributed by atoms with Crippen molar-refractivity contribution >= 4 is 11.9 Å². The van der Waals surface area contributed by atoms with Gasteiger partial charge in [-0.25, -0.2) is 4.79 Å². The van der Waals surface area contributed by atoms with Crippen molar-refractivity contribution in [3.8, 4) is 0 Å². The van der Waals surface area contributed by atoms with E-state index in [1.165, 1.54) is 12.1 Å². The quantitative estimate of drug-likeness (QED) is 0.665. The Bertz CT molecular complexity index is 423. The molecule has 0 aliphatic heterocycles. The van der Waals surface area contributed by atoms with Gasteiger partial charge in [-0.2, -0.15) is 0 Å². The minimum Gasteiger partial charge on any atom is -0.475 e. The number of carboxylic acids is 1. The molecular weight excluding hydrogens is 224 g/mol. The van der Waals surface area contributed by atoms with Crippen LogP contribution in [0, 0.1) is 0 Å². The number of amides is 1. The summed E-state index contributed by atoms with van der Waals surface area (Å²) in [5.41, 5.74) is 0. The van der Waals surface area contributed by atoms with Crippen LogP contribution in [0.15, 0.2) is 16.5 Å². The number of rotatable bonds is 6. The molecule has 0 atom stereocenters. The van der Waals surface area contributed by atoms with Crippen molar-refractivity contribution in [3.05, 3.63) is 23.7 Å². The summed E-state index contributed by atoms with van der Waals surface area (Å²) in [5, 5.41) is 14.4. The fourth-order valence-corrected chi connectivity index (χ4v) is 1.36. The smallest absolute Gasteiger partial charge is 0.371 e. The van der Waals surface area contributed by atoms with Gasteiger partial charge in [0.2, 0.25) is 11.7 Å². The molecule has 6 heteroatoms. The lowest BCUT2D eigenvalue weighted by atomic mass is 10.4. The zero-order valence-electron chi connectivity index (χ0n) is 9.23. The lowest BCUT2D eigenvalue weighted by Crippen LogP contribution is -2.34. The van der Waals surface area contributed by atoms with Crippen LogP contribution < -0.4 is 10.6 Å². The minimum absolute atomic E-state index is 0.120. The lowest BCUT2D eigenvalue weighted by molar-refractivity contribution is -0.120. The summed E-state index contributed by atoms with van der Waals surface area (Å²) >= 11 is 0. The number of nitrogens with one attached hydrogen (secondary N) is 2. The van der Waals surface area contributed by atoms with Crippen LogP contribution in [0.5, 0.6) is 0 Å². The highest BCUT2D eigenvalue weighted by atomic mass is 16.4. The van der Waals surface area contributed by atoms with Gasteiger partial charge in [0.05, 0.1) is 13.1 Å². The number of aromatic carboxylic acids is 1. The van der Waals surface area contributed by atoms with E-state index in [1.807, 2.05) is 0 Å². The SMILES string of the molecule is O=C(CNC1CC1)NCc1ccc(C(=O)O)o1. The van der Waals surface area contributed by atoms with E-state index in [9.17, 15) is 9.59 Å². The summed E-state index contributed by atoms with van der Waals surface area (Å²) in [7, 11) is 0. The maximum Gasteiger partial charge on any atom is 0.371 e. The van der Waals surface area contributed by atoms with E-state index < -0.39 is 5.97 Å². The molecule has 2 rings (SSSR count). The first-order chi connectivity index (χ1) is 8.15. The zero-order valence-corrected chi connectivity index (χ0v) is 9.23. The molecule has 0 aromatic carbocycles. The van der Waals surface area contributed by atoms with Crippen molar-refractivity contribution in [1.82, 2.24) is 10.6 Å². The first kappa shape index (κ1) is 11.7. The molecule has 92 valence electrons. The van der Waals surface area contributed by atoms with E-state index in [-0.39, 0.29) is 24.8 Å². The van der Waals surface area contributed by atoms with E-state index >= 15 is 0 Å². The number of hydrogen-bond donors (Lipinski definition) is 3. The van der Waals surface area contributed by atoms with Gasteiger partial charge >= 0.3 is 5.97 Å². The molecule has 0 saturated heterocycles. The molecule has 1 aromatic rings. The van der Waals surface area contributed by atoms with Gasteiger partial charge in [0.25, 0.3) is 0 Å². The molecule has 1 heterocycles. The first-order valence-corrected chi connectivity index (χ1v) is 5.47. The number of furan rings is 1. The van der Waals surface area contributed by atoms with Gasteiger partial charge in [-0.3, -0.25) is 4.79 Å². The second-order valence-corrected chi connectivity index (χ2v) is 4.00. The van der Waals surface area contributed by atoms with E-state index in [0.29, 0.717) is 11.8 Å². The summed E-state index contributed by atoms with van der Waals surface area (Å²) in [6.45, 7) is 0.496. The molecule has 1 fully saturated rings. The lowest BCUT2D eigenvalue weighted by Gasteiger charge is -2.03. The summed E-state index contributed by atoms with van der Waals surface area (Å²) in [4.78, 5) is 21.9. The molecule has 0 radical (unpaired) electrons. The molecular formula is C11H14N2O4. The van der Waals surface area contributed by atoms with Gasteiger partial charge in [0.1, 0.15) is 5.76 Å². The molecule has 17 heavy (non-hydrogen) atoms. The van der Waals surface area contributed by atoms with Crippen LogP contribution in [-0.4, -0.2) is 29.6 Å². The fraction of sp³-hybridized carbons (Fsp3) is 0.455. The second kappa shape index (κ2) is 5.01. The van der Waals surface area contributed by atoms with Gasteiger partial charge in [-0.1, -0.05) is 0 Å². The van der Waals surface area contributed by atoms with Gasteiger partial charge in [0.15, 0.2) is 0 Å². The minimum atomic E-state index is -1.11. The Labute approximate surface area is 98.0 Å². The zero-order chi connectivity index (χ0) is 12.3. The average molecular weight is 238 g/mol. The topological polar surface area (TPSA) is 91.6 Å². The van der Waals surface area contributed by atoms with Crippen LogP contribution in [0.4, 0.5) is 0 Å².